The van der Waals surface area contributed by atoms with E-state index in [1.165, 1.54) is 6.26 Å². The van der Waals surface area contributed by atoms with E-state index >= 15 is 0 Å². The average molecular weight is 934 g/mol. The van der Waals surface area contributed by atoms with Crippen LogP contribution in [-0.4, -0.2) is 143 Å². The number of anilines is 1. The van der Waals surface area contributed by atoms with Crippen molar-refractivity contribution in [3.63, 3.8) is 0 Å². The highest BCUT2D eigenvalue weighted by atomic mass is 32.2. The number of rotatable bonds is 19. The molecule has 0 aliphatic carbocycles. The fourth-order valence-electron chi connectivity index (χ4n) is 8.57. The van der Waals surface area contributed by atoms with Gasteiger partial charge in [-0.2, -0.15) is 0 Å². The third kappa shape index (κ3) is 11.4. The first kappa shape index (κ1) is 47.0. The molecular weight excluding hydrogens is 879 g/mol. The molecule has 3 heterocycles. The van der Waals surface area contributed by atoms with Gasteiger partial charge in [0.25, 0.3) is 5.91 Å². The summed E-state index contributed by atoms with van der Waals surface area (Å²) in [6.45, 7) is 8.47. The van der Waals surface area contributed by atoms with E-state index in [4.69, 9.17) is 18.9 Å². The van der Waals surface area contributed by atoms with Crippen LogP contribution >= 0.6 is 0 Å². The Kier molecular flexibility index (Phi) is 14.7. The largest absolute Gasteiger partial charge is 0.508 e. The zero-order chi connectivity index (χ0) is 47.1. The van der Waals surface area contributed by atoms with Crippen LogP contribution in [0, 0.1) is 0 Å². The van der Waals surface area contributed by atoms with Crippen LogP contribution in [0.4, 0.5) is 5.69 Å². The Labute approximate surface area is 389 Å². The molecule has 0 aromatic heterocycles. The van der Waals surface area contributed by atoms with Gasteiger partial charge in [-0.15, -0.1) is 0 Å². The Balaban J connectivity index is 0.718. The lowest BCUT2D eigenvalue weighted by molar-refractivity contribution is -0.138. The van der Waals surface area contributed by atoms with Gasteiger partial charge in [0.05, 0.1) is 24.7 Å². The average Bonchev–Trinajstić information content (AvgIpc) is 3.65. The van der Waals surface area contributed by atoms with Gasteiger partial charge >= 0.3 is 0 Å². The van der Waals surface area contributed by atoms with Crippen molar-refractivity contribution in [3.05, 3.63) is 108 Å². The van der Waals surface area contributed by atoms with Crippen molar-refractivity contribution in [1.82, 2.24) is 20.0 Å². The van der Waals surface area contributed by atoms with Crippen molar-refractivity contribution >= 4 is 49.9 Å². The summed E-state index contributed by atoms with van der Waals surface area (Å²) in [5.41, 5.74) is 3.87. The quantitative estimate of drug-likeness (QED) is 0.0810. The number of piperidine rings is 1. The maximum absolute atomic E-state index is 13.3. The number of piperazine rings is 1. The van der Waals surface area contributed by atoms with Crippen molar-refractivity contribution in [2.45, 2.75) is 37.2 Å². The molecule has 67 heavy (non-hydrogen) atoms. The maximum atomic E-state index is 13.3. The van der Waals surface area contributed by atoms with Gasteiger partial charge in [-0.3, -0.25) is 29.4 Å². The second-order valence-electron chi connectivity index (χ2n) is 16.8. The minimum atomic E-state index is -3.35. The van der Waals surface area contributed by atoms with Crippen molar-refractivity contribution in [2.75, 3.05) is 90.0 Å². The Morgan fingerprint density at radius 1 is 0.806 bits per heavy atom. The molecule has 0 spiro atoms. The summed E-state index contributed by atoms with van der Waals surface area (Å²) in [4.78, 5) is 58.1. The highest BCUT2D eigenvalue weighted by molar-refractivity contribution is 7.90. The summed E-state index contributed by atoms with van der Waals surface area (Å²) in [7, 11) is -3.35. The monoisotopic (exact) mass is 933 g/mol. The molecule has 0 saturated carbocycles. The molecule has 1 unspecified atom stereocenters. The summed E-state index contributed by atoms with van der Waals surface area (Å²) < 4.78 is 48.1. The Bertz CT molecular complexity index is 2720. The van der Waals surface area contributed by atoms with E-state index in [-0.39, 0.29) is 41.4 Å². The lowest BCUT2D eigenvalue weighted by Gasteiger charge is -2.36. The number of hydrogen-bond donors (Lipinski definition) is 2. The first-order chi connectivity index (χ1) is 32.3. The lowest BCUT2D eigenvalue weighted by Crippen LogP contribution is -2.52. The molecule has 5 aromatic rings. The van der Waals surface area contributed by atoms with Crippen LogP contribution in [0.15, 0.2) is 102 Å². The number of likely N-dealkylation sites (N-methyl/N-ethyl adjacent to an activating group) is 1. The summed E-state index contributed by atoms with van der Waals surface area (Å²) in [6.07, 6.45) is 1.71. The second-order valence-corrected chi connectivity index (χ2v) is 18.8. The molecular formula is C50H55N5O11S. The number of fused-ring (bicyclic) bond motifs is 2. The van der Waals surface area contributed by atoms with Gasteiger partial charge in [-0.1, -0.05) is 31.2 Å². The number of amides is 4. The van der Waals surface area contributed by atoms with Gasteiger partial charge < -0.3 is 38.8 Å². The number of carbonyl (C=O) groups is 4. The number of phenols is 1. The van der Waals surface area contributed by atoms with Crippen molar-refractivity contribution in [1.29, 1.82) is 0 Å². The van der Waals surface area contributed by atoms with E-state index in [9.17, 15) is 32.7 Å². The summed E-state index contributed by atoms with van der Waals surface area (Å²) >= 11 is 0. The molecule has 16 nitrogen and oxygen atoms in total. The fourth-order valence-corrected chi connectivity index (χ4v) is 9.20. The fraction of sp³-hybridized carbons (Fsp3) is 0.360. The van der Waals surface area contributed by atoms with Crippen molar-refractivity contribution in [3.8, 4) is 34.1 Å². The number of aromatic hydroxyl groups is 1. The van der Waals surface area contributed by atoms with E-state index in [2.05, 4.69) is 22.0 Å². The van der Waals surface area contributed by atoms with Crippen LogP contribution in [0.1, 0.15) is 35.7 Å². The van der Waals surface area contributed by atoms with Gasteiger partial charge in [0.15, 0.2) is 9.84 Å². The number of nitrogens with one attached hydrogen (secondary N) is 1. The molecule has 352 valence electrons. The highest BCUT2D eigenvalue weighted by Crippen LogP contribution is 2.41. The Hall–Kier alpha value is -6.53. The molecule has 2 N–H and O–H groups in total. The number of benzene rings is 5. The van der Waals surface area contributed by atoms with Crippen LogP contribution in [0.25, 0.3) is 21.9 Å². The van der Waals surface area contributed by atoms with Crippen LogP contribution in [0.2, 0.25) is 0 Å². The van der Waals surface area contributed by atoms with Gasteiger partial charge in [-0.05, 0) is 102 Å². The zero-order valence-corrected chi connectivity index (χ0v) is 38.5. The summed E-state index contributed by atoms with van der Waals surface area (Å²) in [5.74, 6) is 0.945. The first-order valence-corrected chi connectivity index (χ1v) is 24.4. The Morgan fingerprint density at radius 3 is 2.27 bits per heavy atom. The number of imide groups is 1. The molecule has 2 fully saturated rings. The predicted octanol–water partition coefficient (Wildman–Crippen LogP) is 5.25. The third-order valence-corrected chi connectivity index (χ3v) is 13.5. The first-order valence-electron chi connectivity index (χ1n) is 22.5. The van der Waals surface area contributed by atoms with E-state index < -0.39 is 21.8 Å². The van der Waals surface area contributed by atoms with Crippen LogP contribution < -0.4 is 19.7 Å². The van der Waals surface area contributed by atoms with Gasteiger partial charge in [-0.25, -0.2) is 8.42 Å². The normalized spacial score (nSPS) is 16.4. The van der Waals surface area contributed by atoms with Crippen LogP contribution in [-0.2, 0) is 40.2 Å². The predicted molar refractivity (Wildman–Crippen MR) is 251 cm³/mol. The number of carbonyl (C=O) groups excluding carboxylic acids is 4. The molecule has 4 amide bonds. The van der Waals surface area contributed by atoms with E-state index in [0.29, 0.717) is 101 Å². The van der Waals surface area contributed by atoms with Gasteiger partial charge in [0.2, 0.25) is 17.7 Å². The van der Waals surface area contributed by atoms with E-state index in [1.54, 1.807) is 52.3 Å². The third-order valence-electron chi connectivity index (χ3n) is 12.4. The topological polar surface area (TPSA) is 185 Å². The zero-order valence-electron chi connectivity index (χ0n) is 37.6. The highest BCUT2D eigenvalue weighted by Gasteiger charge is 2.39. The molecule has 8 rings (SSSR count). The van der Waals surface area contributed by atoms with E-state index in [0.717, 1.165) is 39.7 Å². The standard InChI is InChI=1S/C50H55N5O11S/c1-3-52(25-27-65-39-10-12-40(13-11-39)66-48-42(16-7-35-30-38(56)9-17-43(35)48)34-5-14-41(15-6-34)67(2,61)62)24-26-63-28-29-64-33-47(58)54-22-20-53(21-23-54)37-8-4-36-32-55(50(60)44(36)31-37)45-18-19-46(57)51-49(45)59/h4-17,30-31,45,56H,3,18-29,32-33H2,1-2H3,(H,51,57,59). The molecule has 3 aliphatic heterocycles. The summed E-state index contributed by atoms with van der Waals surface area (Å²) in [6, 6.07) is 28.0. The number of ether oxygens (including phenoxy) is 4. The van der Waals surface area contributed by atoms with Crippen LogP contribution in [0.5, 0.6) is 23.0 Å². The Morgan fingerprint density at radius 2 is 1.54 bits per heavy atom. The van der Waals surface area contributed by atoms with E-state index in [1.807, 2.05) is 54.6 Å². The molecule has 17 heteroatoms. The van der Waals surface area contributed by atoms with Gasteiger partial charge in [0.1, 0.15) is 42.3 Å². The maximum Gasteiger partial charge on any atom is 0.255 e. The summed E-state index contributed by atoms with van der Waals surface area (Å²) in [5, 5.41) is 14.0. The smallest absolute Gasteiger partial charge is 0.255 e. The SMILES string of the molecule is CCN(CCOCCOCC(=O)N1CCN(c2ccc3c(c2)C(=O)N(C2CCC(=O)NC2=O)C3)CC1)CCOc1ccc(Oc2c(-c3ccc(S(C)(=O)=O)cc3)ccc3cc(O)ccc23)cc1. The van der Waals surface area contributed by atoms with Crippen molar-refractivity contribution in [2.24, 2.45) is 0 Å². The molecule has 3 aliphatic rings. The molecule has 0 radical (unpaired) electrons. The minimum absolute atomic E-state index is 0.0304. The molecule has 5 aromatic carbocycles. The molecule has 2 saturated heterocycles. The van der Waals surface area contributed by atoms with Gasteiger partial charge in [0, 0.05) is 80.7 Å². The number of phenolic OH excluding ortho intramolecular Hbond substituents is 1. The molecule has 0 bridgehead atoms. The number of hydrogen-bond acceptors (Lipinski definition) is 13. The van der Waals surface area contributed by atoms with Crippen molar-refractivity contribution < 1.29 is 51.6 Å². The molecule has 1 atom stereocenters. The second kappa shape index (κ2) is 21.0. The lowest BCUT2D eigenvalue weighted by atomic mass is 9.99. The van der Waals surface area contributed by atoms with Crippen LogP contribution in [0.3, 0.4) is 0 Å². The minimum Gasteiger partial charge on any atom is -0.508 e. The number of sulfone groups is 1. The number of nitrogens with zero attached hydrogens (tertiary/aromatic N) is 4.